The van der Waals surface area contributed by atoms with Crippen LogP contribution in [0.1, 0.15) is 112 Å². The number of carbonyl (C=O) groups is 2. The highest BCUT2D eigenvalue weighted by Gasteiger charge is 2.35. The number of carboxylic acid groups (broad SMARTS) is 1. The van der Waals surface area contributed by atoms with Gasteiger partial charge in [0.15, 0.2) is 6.29 Å². The van der Waals surface area contributed by atoms with E-state index in [9.17, 15) is 19.8 Å². The first-order chi connectivity index (χ1) is 17.8. The normalized spacial score (nSPS) is 26.6. The van der Waals surface area contributed by atoms with Crippen LogP contribution >= 0.6 is 11.3 Å². The SMILES string of the molecule is CC(C)CCCC(=O)N(c1cc(C2=CC(O)CCC2)sc1C(=O)O)C1CCC(OC2CCCCO2)CC1. The molecule has 0 spiro atoms. The zero-order valence-corrected chi connectivity index (χ0v) is 23.1. The van der Waals surface area contributed by atoms with Crippen molar-refractivity contribution in [2.45, 2.75) is 122 Å². The predicted octanol–water partition coefficient (Wildman–Crippen LogP) is 6.39. The molecule has 1 aromatic heterocycles. The van der Waals surface area contributed by atoms with Crippen LogP contribution < -0.4 is 4.90 Å². The monoisotopic (exact) mass is 533 g/mol. The third-order valence-corrected chi connectivity index (χ3v) is 8.94. The van der Waals surface area contributed by atoms with Gasteiger partial charge in [-0.2, -0.15) is 0 Å². The molecule has 2 fully saturated rings. The summed E-state index contributed by atoms with van der Waals surface area (Å²) in [5.41, 5.74) is 1.50. The van der Waals surface area contributed by atoms with Crippen LogP contribution in [-0.4, -0.2) is 53.2 Å². The molecular formula is C29H43NO6S. The van der Waals surface area contributed by atoms with Gasteiger partial charge in [0.25, 0.3) is 0 Å². The number of anilines is 1. The summed E-state index contributed by atoms with van der Waals surface area (Å²) in [6.45, 7) is 5.06. The minimum Gasteiger partial charge on any atom is -0.477 e. The molecule has 0 bridgehead atoms. The zero-order valence-electron chi connectivity index (χ0n) is 22.3. The van der Waals surface area contributed by atoms with Gasteiger partial charge in [-0.15, -0.1) is 11.3 Å². The Labute approximate surface area is 224 Å². The summed E-state index contributed by atoms with van der Waals surface area (Å²) in [5.74, 6) is -0.484. The summed E-state index contributed by atoms with van der Waals surface area (Å²) in [4.78, 5) is 28.9. The first-order valence-corrected chi connectivity index (χ1v) is 15.0. The lowest BCUT2D eigenvalue weighted by Gasteiger charge is -2.38. The summed E-state index contributed by atoms with van der Waals surface area (Å²) >= 11 is 1.22. The largest absolute Gasteiger partial charge is 0.477 e. The number of hydrogen-bond acceptors (Lipinski definition) is 6. The number of rotatable bonds is 10. The number of aliphatic hydroxyl groups excluding tert-OH is 1. The van der Waals surface area contributed by atoms with Gasteiger partial charge >= 0.3 is 5.97 Å². The van der Waals surface area contributed by atoms with E-state index >= 15 is 0 Å². The molecule has 2 aliphatic carbocycles. The van der Waals surface area contributed by atoms with Gasteiger partial charge in [0, 0.05) is 23.9 Å². The van der Waals surface area contributed by atoms with Crippen LogP contribution in [0.5, 0.6) is 0 Å². The molecule has 3 aliphatic rings. The number of thiophene rings is 1. The van der Waals surface area contributed by atoms with Crippen molar-refractivity contribution in [1.29, 1.82) is 0 Å². The molecule has 7 nitrogen and oxygen atoms in total. The lowest BCUT2D eigenvalue weighted by Crippen LogP contribution is -2.44. The fourth-order valence-corrected chi connectivity index (χ4v) is 6.81. The quantitative estimate of drug-likeness (QED) is 0.362. The van der Waals surface area contributed by atoms with E-state index in [0.29, 0.717) is 18.0 Å². The highest BCUT2D eigenvalue weighted by Crippen LogP contribution is 2.41. The van der Waals surface area contributed by atoms with Gasteiger partial charge in [0.1, 0.15) is 4.88 Å². The van der Waals surface area contributed by atoms with Crippen molar-refractivity contribution in [2.24, 2.45) is 5.92 Å². The van der Waals surface area contributed by atoms with Crippen molar-refractivity contribution in [3.8, 4) is 0 Å². The number of nitrogens with zero attached hydrogens (tertiary/aromatic N) is 1. The molecule has 1 aromatic rings. The van der Waals surface area contributed by atoms with Crippen LogP contribution in [0.15, 0.2) is 12.1 Å². The molecule has 2 heterocycles. The fraction of sp³-hybridized carbons (Fsp3) is 0.724. The summed E-state index contributed by atoms with van der Waals surface area (Å²) in [6, 6.07) is 1.83. The number of aromatic carboxylic acids is 1. The number of amides is 1. The van der Waals surface area contributed by atoms with Gasteiger partial charge < -0.3 is 24.6 Å². The third kappa shape index (κ3) is 7.65. The number of allylic oxidation sites excluding steroid dienone is 1. The molecule has 8 heteroatoms. The van der Waals surface area contributed by atoms with Gasteiger partial charge in [-0.3, -0.25) is 4.79 Å². The van der Waals surface area contributed by atoms with Crippen molar-refractivity contribution < 1.29 is 29.3 Å². The second-order valence-electron chi connectivity index (χ2n) is 11.2. The molecule has 0 radical (unpaired) electrons. The molecule has 0 aromatic carbocycles. The van der Waals surface area contributed by atoms with Crippen LogP contribution in [0.4, 0.5) is 5.69 Å². The van der Waals surface area contributed by atoms with Crippen LogP contribution in [0.2, 0.25) is 0 Å². The average molecular weight is 534 g/mol. The minimum absolute atomic E-state index is 0.00476. The van der Waals surface area contributed by atoms with Crippen molar-refractivity contribution in [2.75, 3.05) is 11.5 Å². The molecule has 1 saturated heterocycles. The molecule has 37 heavy (non-hydrogen) atoms. The van der Waals surface area contributed by atoms with Crippen LogP contribution in [0.25, 0.3) is 5.57 Å². The second kappa shape index (κ2) is 13.4. The molecule has 1 amide bonds. The Hall–Kier alpha value is -1.74. The standard InChI is InChI=1S/C29H43NO6S/c1-19(2)7-5-10-26(32)30(21-12-14-23(15-13-21)36-27-11-3-4-16-35-27)24-18-25(37-28(24)29(33)34)20-8-6-9-22(31)17-20/h17-19,21-23,27,31H,3-16H2,1-2H3,(H,33,34). The van der Waals surface area contributed by atoms with Crippen LogP contribution in [0, 0.1) is 5.92 Å². The Kier molecular flexibility index (Phi) is 10.2. The van der Waals surface area contributed by atoms with Crippen molar-refractivity contribution in [3.63, 3.8) is 0 Å². The Balaban J connectivity index is 1.55. The summed E-state index contributed by atoms with van der Waals surface area (Å²) in [7, 11) is 0. The number of hydrogen-bond donors (Lipinski definition) is 2. The summed E-state index contributed by atoms with van der Waals surface area (Å²) in [6.07, 6.45) is 12.3. The summed E-state index contributed by atoms with van der Waals surface area (Å²) in [5, 5.41) is 20.2. The van der Waals surface area contributed by atoms with Crippen LogP contribution in [-0.2, 0) is 14.3 Å². The molecule has 1 aliphatic heterocycles. The van der Waals surface area contributed by atoms with Gasteiger partial charge in [-0.1, -0.05) is 26.3 Å². The van der Waals surface area contributed by atoms with E-state index < -0.39 is 12.1 Å². The van der Waals surface area contributed by atoms with E-state index in [1.54, 1.807) is 4.90 Å². The number of ether oxygens (including phenoxy) is 2. The maximum absolute atomic E-state index is 13.7. The van der Waals surface area contributed by atoms with E-state index in [1.807, 2.05) is 12.1 Å². The van der Waals surface area contributed by atoms with Gasteiger partial charge in [0.05, 0.1) is 17.9 Å². The Morgan fingerprint density at radius 3 is 2.57 bits per heavy atom. The van der Waals surface area contributed by atoms with E-state index in [-0.39, 0.29) is 29.2 Å². The highest BCUT2D eigenvalue weighted by atomic mass is 32.1. The third-order valence-electron chi connectivity index (χ3n) is 7.75. The Morgan fingerprint density at radius 2 is 1.92 bits per heavy atom. The summed E-state index contributed by atoms with van der Waals surface area (Å²) < 4.78 is 12.0. The topological polar surface area (TPSA) is 96.3 Å². The minimum atomic E-state index is -1.00. The van der Waals surface area contributed by atoms with Gasteiger partial charge in [-0.25, -0.2) is 4.79 Å². The zero-order chi connectivity index (χ0) is 26.4. The van der Waals surface area contributed by atoms with Crippen molar-refractivity contribution >= 4 is 34.5 Å². The average Bonchev–Trinajstić information content (AvgIpc) is 3.31. The van der Waals surface area contributed by atoms with E-state index in [4.69, 9.17) is 9.47 Å². The Bertz CT molecular complexity index is 942. The maximum atomic E-state index is 13.7. The maximum Gasteiger partial charge on any atom is 0.348 e. The van der Waals surface area contributed by atoms with Gasteiger partial charge in [0.2, 0.25) is 5.91 Å². The second-order valence-corrected chi connectivity index (χ2v) is 12.2. The molecule has 206 valence electrons. The smallest absolute Gasteiger partial charge is 0.348 e. The van der Waals surface area contributed by atoms with Crippen LogP contribution in [0.3, 0.4) is 0 Å². The van der Waals surface area contributed by atoms with Crippen molar-refractivity contribution in [1.82, 2.24) is 0 Å². The lowest BCUT2D eigenvalue weighted by molar-refractivity contribution is -0.193. The van der Waals surface area contributed by atoms with E-state index in [0.717, 1.165) is 94.1 Å². The van der Waals surface area contributed by atoms with Gasteiger partial charge in [-0.05, 0) is 88.2 Å². The lowest BCUT2D eigenvalue weighted by atomic mass is 9.90. The molecular weight excluding hydrogens is 490 g/mol. The number of carboxylic acids is 1. The highest BCUT2D eigenvalue weighted by molar-refractivity contribution is 7.15. The molecule has 2 atom stereocenters. The van der Waals surface area contributed by atoms with E-state index in [2.05, 4.69) is 13.8 Å². The molecule has 4 rings (SSSR count). The molecule has 2 N–H and O–H groups in total. The predicted molar refractivity (Wildman–Crippen MR) is 146 cm³/mol. The fourth-order valence-electron chi connectivity index (χ4n) is 5.77. The van der Waals surface area contributed by atoms with E-state index in [1.165, 1.54) is 11.3 Å². The molecule has 1 saturated carbocycles. The Morgan fingerprint density at radius 1 is 1.14 bits per heavy atom. The first-order valence-electron chi connectivity index (χ1n) is 14.2. The van der Waals surface area contributed by atoms with Crippen molar-refractivity contribution in [3.05, 3.63) is 21.9 Å². The molecule has 2 unspecified atom stereocenters. The number of carbonyl (C=O) groups excluding carboxylic acids is 1. The number of aliphatic hydroxyl groups is 1. The first kappa shape index (κ1) is 28.3.